The second-order valence-corrected chi connectivity index (χ2v) is 6.26. The van der Waals surface area contributed by atoms with Gasteiger partial charge in [0.25, 0.3) is 0 Å². The maximum atomic E-state index is 11.8. The Bertz CT molecular complexity index is 269. The third-order valence-corrected chi connectivity index (χ3v) is 4.53. The molecule has 4 heteroatoms. The summed E-state index contributed by atoms with van der Waals surface area (Å²) < 4.78 is 0. The van der Waals surface area contributed by atoms with Gasteiger partial charge in [0.15, 0.2) is 0 Å². The number of rotatable bonds is 4. The highest BCUT2D eigenvalue weighted by molar-refractivity contribution is 5.74. The molecule has 1 saturated heterocycles. The van der Waals surface area contributed by atoms with E-state index in [0.717, 1.165) is 31.8 Å². The summed E-state index contributed by atoms with van der Waals surface area (Å²) in [5.74, 6) is 0.874. The summed E-state index contributed by atoms with van der Waals surface area (Å²) in [6.45, 7) is 6.46. The molecule has 0 aromatic carbocycles. The molecule has 2 N–H and O–H groups in total. The molecule has 0 unspecified atom stereocenters. The van der Waals surface area contributed by atoms with Crippen molar-refractivity contribution in [3.63, 3.8) is 0 Å². The average molecular weight is 267 g/mol. The van der Waals surface area contributed by atoms with Gasteiger partial charge in [-0.05, 0) is 44.7 Å². The molecule has 0 aromatic heterocycles. The van der Waals surface area contributed by atoms with Gasteiger partial charge in [-0.1, -0.05) is 26.2 Å². The topological polar surface area (TPSA) is 44.4 Å². The molecule has 19 heavy (non-hydrogen) atoms. The molecule has 110 valence electrons. The summed E-state index contributed by atoms with van der Waals surface area (Å²) in [5, 5.41) is 6.09. The van der Waals surface area contributed by atoms with Crippen LogP contribution in [0, 0.1) is 5.92 Å². The molecule has 1 saturated carbocycles. The summed E-state index contributed by atoms with van der Waals surface area (Å²) in [6.07, 6.45) is 8.75. The van der Waals surface area contributed by atoms with Gasteiger partial charge in [-0.3, -0.25) is 0 Å². The molecule has 2 amide bonds. The van der Waals surface area contributed by atoms with E-state index < -0.39 is 0 Å². The van der Waals surface area contributed by atoms with Crippen LogP contribution in [0.25, 0.3) is 0 Å². The van der Waals surface area contributed by atoms with Gasteiger partial charge in [0.1, 0.15) is 0 Å². The molecule has 4 nitrogen and oxygen atoms in total. The molecule has 2 rings (SSSR count). The Morgan fingerprint density at radius 1 is 1.11 bits per heavy atom. The Kier molecular flexibility index (Phi) is 5.95. The van der Waals surface area contributed by atoms with Crippen LogP contribution in [0.15, 0.2) is 0 Å². The van der Waals surface area contributed by atoms with Crippen LogP contribution in [0.2, 0.25) is 0 Å². The first-order valence-electron chi connectivity index (χ1n) is 8.01. The number of likely N-dealkylation sites (tertiary alicyclic amines) is 1. The molecule has 1 aliphatic carbocycles. The Balaban J connectivity index is 1.53. The molecular weight excluding hydrogens is 238 g/mol. The first kappa shape index (κ1) is 14.6. The molecule has 2 fully saturated rings. The van der Waals surface area contributed by atoms with Crippen molar-refractivity contribution in [2.75, 3.05) is 26.2 Å². The highest BCUT2D eigenvalue weighted by atomic mass is 16.2. The van der Waals surface area contributed by atoms with Gasteiger partial charge in [0.05, 0.1) is 0 Å². The normalized spacial score (nSPS) is 23.2. The fraction of sp³-hybridized carbons (Fsp3) is 0.933. The highest BCUT2D eigenvalue weighted by Crippen LogP contribution is 2.17. The summed E-state index contributed by atoms with van der Waals surface area (Å²) in [5.41, 5.74) is 0. The fourth-order valence-electron chi connectivity index (χ4n) is 3.10. The van der Waals surface area contributed by atoms with Crippen LogP contribution in [-0.2, 0) is 0 Å². The van der Waals surface area contributed by atoms with Gasteiger partial charge in [0, 0.05) is 19.1 Å². The van der Waals surface area contributed by atoms with Crippen LogP contribution < -0.4 is 10.6 Å². The third kappa shape index (κ3) is 5.39. The lowest BCUT2D eigenvalue weighted by molar-refractivity contribution is 0.191. The van der Waals surface area contributed by atoms with E-state index in [1.54, 1.807) is 0 Å². The smallest absolute Gasteiger partial charge is 0.315 e. The van der Waals surface area contributed by atoms with Gasteiger partial charge in [-0.25, -0.2) is 4.79 Å². The monoisotopic (exact) mass is 267 g/mol. The lowest BCUT2D eigenvalue weighted by Gasteiger charge is -2.30. The van der Waals surface area contributed by atoms with Crippen LogP contribution in [-0.4, -0.2) is 43.2 Å². The number of nitrogens with zero attached hydrogens (tertiary/aromatic N) is 1. The maximum absolute atomic E-state index is 11.8. The molecule has 0 bridgehead atoms. The van der Waals surface area contributed by atoms with E-state index in [-0.39, 0.29) is 6.03 Å². The number of nitrogens with one attached hydrogen (secondary N) is 2. The van der Waals surface area contributed by atoms with Crippen LogP contribution in [0.3, 0.4) is 0 Å². The summed E-state index contributed by atoms with van der Waals surface area (Å²) >= 11 is 0. The summed E-state index contributed by atoms with van der Waals surface area (Å²) in [6, 6.07) is 0.432. The van der Waals surface area contributed by atoms with E-state index in [1.807, 2.05) is 0 Å². The van der Waals surface area contributed by atoms with Crippen LogP contribution >= 0.6 is 0 Å². The van der Waals surface area contributed by atoms with Crippen LogP contribution in [0.1, 0.15) is 51.9 Å². The van der Waals surface area contributed by atoms with E-state index in [4.69, 9.17) is 0 Å². The van der Waals surface area contributed by atoms with Gasteiger partial charge in [-0.15, -0.1) is 0 Å². The predicted octanol–water partition coefficient (Wildman–Crippen LogP) is 2.35. The molecule has 1 heterocycles. The minimum atomic E-state index is 0.0253. The first-order valence-corrected chi connectivity index (χ1v) is 8.01. The van der Waals surface area contributed by atoms with E-state index in [9.17, 15) is 4.79 Å². The van der Waals surface area contributed by atoms with Gasteiger partial charge < -0.3 is 15.5 Å². The van der Waals surface area contributed by atoms with Crippen molar-refractivity contribution >= 4 is 6.03 Å². The highest BCUT2D eigenvalue weighted by Gasteiger charge is 2.17. The standard InChI is InChI=1S/C15H29N3O/c1-13-7-10-18(11-8-13)12-9-16-15(19)17-14-5-3-2-4-6-14/h13-14H,2-12H2,1H3,(H2,16,17,19). The average Bonchev–Trinajstić information content (AvgIpc) is 2.42. The van der Waals surface area contributed by atoms with Crippen molar-refractivity contribution < 1.29 is 4.79 Å². The maximum Gasteiger partial charge on any atom is 0.315 e. The fourth-order valence-corrected chi connectivity index (χ4v) is 3.10. The molecule has 0 atom stereocenters. The zero-order valence-corrected chi connectivity index (χ0v) is 12.3. The molecule has 1 aliphatic heterocycles. The summed E-state index contributed by atoms with van der Waals surface area (Å²) in [7, 11) is 0. The number of carbonyl (C=O) groups excluding carboxylic acids is 1. The quantitative estimate of drug-likeness (QED) is 0.821. The molecule has 0 radical (unpaired) electrons. The van der Waals surface area contributed by atoms with Crippen molar-refractivity contribution in [2.24, 2.45) is 5.92 Å². The van der Waals surface area contributed by atoms with Crippen LogP contribution in [0.4, 0.5) is 4.79 Å². The Hall–Kier alpha value is -0.770. The number of hydrogen-bond donors (Lipinski definition) is 2. The lowest BCUT2D eigenvalue weighted by atomic mass is 9.96. The molecule has 2 aliphatic rings. The Morgan fingerprint density at radius 3 is 2.47 bits per heavy atom. The van der Waals surface area contributed by atoms with Crippen LogP contribution in [0.5, 0.6) is 0 Å². The van der Waals surface area contributed by atoms with Crippen molar-refractivity contribution in [3.8, 4) is 0 Å². The zero-order chi connectivity index (χ0) is 13.5. The van der Waals surface area contributed by atoms with Crippen molar-refractivity contribution in [3.05, 3.63) is 0 Å². The van der Waals surface area contributed by atoms with E-state index >= 15 is 0 Å². The molecular formula is C15H29N3O. The lowest BCUT2D eigenvalue weighted by Crippen LogP contribution is -2.46. The van der Waals surface area contributed by atoms with Gasteiger partial charge in [0.2, 0.25) is 0 Å². The van der Waals surface area contributed by atoms with Gasteiger partial charge in [-0.2, -0.15) is 0 Å². The molecule has 0 spiro atoms. The number of carbonyl (C=O) groups is 1. The number of hydrogen-bond acceptors (Lipinski definition) is 2. The Labute approximate surface area is 117 Å². The largest absolute Gasteiger partial charge is 0.337 e. The summed E-state index contributed by atoms with van der Waals surface area (Å²) in [4.78, 5) is 14.2. The second kappa shape index (κ2) is 7.73. The predicted molar refractivity (Wildman–Crippen MR) is 78.2 cm³/mol. The van der Waals surface area contributed by atoms with Crippen molar-refractivity contribution in [1.82, 2.24) is 15.5 Å². The number of amides is 2. The second-order valence-electron chi connectivity index (χ2n) is 6.26. The Morgan fingerprint density at radius 2 is 1.79 bits per heavy atom. The molecule has 0 aromatic rings. The minimum absolute atomic E-state index is 0.0253. The first-order chi connectivity index (χ1) is 9.24. The number of piperidine rings is 1. The van der Waals surface area contributed by atoms with Crippen molar-refractivity contribution in [2.45, 2.75) is 57.9 Å². The van der Waals surface area contributed by atoms with E-state index in [0.29, 0.717) is 6.04 Å². The van der Waals surface area contributed by atoms with E-state index in [2.05, 4.69) is 22.5 Å². The third-order valence-electron chi connectivity index (χ3n) is 4.53. The zero-order valence-electron chi connectivity index (χ0n) is 12.3. The van der Waals surface area contributed by atoms with Crippen molar-refractivity contribution in [1.29, 1.82) is 0 Å². The van der Waals surface area contributed by atoms with Gasteiger partial charge >= 0.3 is 6.03 Å². The SMILES string of the molecule is CC1CCN(CCNC(=O)NC2CCCCC2)CC1. The minimum Gasteiger partial charge on any atom is -0.337 e. The van der Waals surface area contributed by atoms with E-state index in [1.165, 1.54) is 45.2 Å². The number of urea groups is 1.